The Morgan fingerprint density at radius 2 is 2.05 bits per heavy atom. The van der Waals surface area contributed by atoms with E-state index in [1.165, 1.54) is 6.33 Å². The first-order valence-electron chi connectivity index (χ1n) is 6.86. The first-order valence-corrected chi connectivity index (χ1v) is 6.86. The average Bonchev–Trinajstić information content (AvgIpc) is 2.46. The third kappa shape index (κ3) is 3.96. The van der Waals surface area contributed by atoms with Crippen LogP contribution in [-0.2, 0) is 0 Å². The lowest BCUT2D eigenvalue weighted by atomic mass is 9.91. The summed E-state index contributed by atoms with van der Waals surface area (Å²) in [6.45, 7) is 3.16. The smallest absolute Gasteiger partial charge is 0.414 e. The molecule has 1 aliphatic heterocycles. The topological polar surface area (TPSA) is 58.5 Å². The molecule has 1 fully saturated rings. The average molecular weight is 305 g/mol. The molecule has 1 atom stereocenters. The summed E-state index contributed by atoms with van der Waals surface area (Å²) < 4.78 is 42.7. The highest BCUT2D eigenvalue weighted by molar-refractivity contribution is 5.41. The highest BCUT2D eigenvalue weighted by Crippen LogP contribution is 2.32. The lowest BCUT2D eigenvalue weighted by Gasteiger charge is -2.35. The van der Waals surface area contributed by atoms with Gasteiger partial charge in [0.2, 0.25) is 5.88 Å². The van der Waals surface area contributed by atoms with Crippen molar-refractivity contribution < 1.29 is 23.0 Å². The van der Waals surface area contributed by atoms with Crippen LogP contribution >= 0.6 is 0 Å². The van der Waals surface area contributed by atoms with E-state index in [1.54, 1.807) is 6.07 Å². The van der Waals surface area contributed by atoms with Crippen molar-refractivity contribution in [2.75, 3.05) is 24.6 Å². The molecule has 1 aromatic heterocycles. The van der Waals surface area contributed by atoms with E-state index in [0.29, 0.717) is 31.4 Å². The molecule has 0 amide bonds. The third-order valence-corrected chi connectivity index (χ3v) is 3.57. The Kier molecular flexibility index (Phi) is 4.87. The summed E-state index contributed by atoms with van der Waals surface area (Å²) in [6.07, 6.45) is -4.88. The van der Waals surface area contributed by atoms with E-state index in [-0.39, 0.29) is 12.8 Å². The van der Waals surface area contributed by atoms with Crippen LogP contribution in [0.1, 0.15) is 19.8 Å². The Bertz CT molecular complexity index is 462. The summed E-state index contributed by atoms with van der Waals surface area (Å²) >= 11 is 0. The van der Waals surface area contributed by atoms with Gasteiger partial charge in [-0.3, -0.25) is 0 Å². The lowest BCUT2D eigenvalue weighted by Crippen LogP contribution is -2.43. The van der Waals surface area contributed by atoms with Gasteiger partial charge in [-0.2, -0.15) is 13.2 Å². The molecule has 8 heteroatoms. The standard InChI is InChI=1S/C13H18F3N3O2/c1-2-21-11-7-10(17-8-18-11)19-5-3-9(4-6-19)12(20)13(14,15)16/h7-9,12,20H,2-6H2,1H3. The molecular formula is C13H18F3N3O2. The number of hydrogen-bond donors (Lipinski definition) is 1. The molecule has 0 aromatic carbocycles. The van der Waals surface area contributed by atoms with Crippen molar-refractivity contribution in [3.63, 3.8) is 0 Å². The van der Waals surface area contributed by atoms with Gasteiger partial charge in [0.05, 0.1) is 6.61 Å². The van der Waals surface area contributed by atoms with Gasteiger partial charge in [0.1, 0.15) is 12.1 Å². The fourth-order valence-electron chi connectivity index (χ4n) is 2.44. The Labute approximate surface area is 120 Å². The molecule has 21 heavy (non-hydrogen) atoms. The van der Waals surface area contributed by atoms with Crippen molar-refractivity contribution in [1.82, 2.24) is 9.97 Å². The predicted octanol–water partition coefficient (Wildman–Crippen LogP) is 2.01. The number of aliphatic hydroxyl groups excluding tert-OH is 1. The molecule has 1 aliphatic rings. The first-order chi connectivity index (χ1) is 9.91. The molecule has 2 heterocycles. The zero-order valence-electron chi connectivity index (χ0n) is 11.7. The van der Waals surface area contributed by atoms with Crippen molar-refractivity contribution in [3.8, 4) is 5.88 Å². The predicted molar refractivity (Wildman–Crippen MR) is 70.2 cm³/mol. The van der Waals surface area contributed by atoms with Crippen LogP contribution in [-0.4, -0.2) is 47.1 Å². The van der Waals surface area contributed by atoms with Crippen molar-refractivity contribution >= 4 is 5.82 Å². The van der Waals surface area contributed by atoms with Crippen LogP contribution in [0.3, 0.4) is 0 Å². The van der Waals surface area contributed by atoms with Gasteiger partial charge in [-0.05, 0) is 25.7 Å². The van der Waals surface area contributed by atoms with Crippen LogP contribution < -0.4 is 9.64 Å². The number of piperidine rings is 1. The minimum atomic E-state index is -4.55. The van der Waals surface area contributed by atoms with Gasteiger partial charge in [-0.25, -0.2) is 9.97 Å². The molecule has 0 radical (unpaired) electrons. The molecule has 1 saturated heterocycles. The van der Waals surface area contributed by atoms with Gasteiger partial charge in [0.25, 0.3) is 0 Å². The number of aliphatic hydroxyl groups is 1. The number of halogens is 3. The van der Waals surface area contributed by atoms with E-state index >= 15 is 0 Å². The number of alkyl halides is 3. The van der Waals surface area contributed by atoms with E-state index < -0.39 is 18.2 Å². The van der Waals surface area contributed by atoms with Gasteiger partial charge in [0.15, 0.2) is 6.10 Å². The van der Waals surface area contributed by atoms with E-state index in [9.17, 15) is 18.3 Å². The van der Waals surface area contributed by atoms with Gasteiger partial charge in [-0.15, -0.1) is 0 Å². The van der Waals surface area contributed by atoms with Crippen molar-refractivity contribution in [2.45, 2.75) is 32.0 Å². The second kappa shape index (κ2) is 6.46. The van der Waals surface area contributed by atoms with E-state index in [2.05, 4.69) is 9.97 Å². The van der Waals surface area contributed by atoms with Gasteiger partial charge < -0.3 is 14.7 Å². The van der Waals surface area contributed by atoms with Crippen molar-refractivity contribution in [3.05, 3.63) is 12.4 Å². The van der Waals surface area contributed by atoms with Crippen LogP contribution in [0.2, 0.25) is 0 Å². The zero-order valence-corrected chi connectivity index (χ0v) is 11.7. The minimum absolute atomic E-state index is 0.272. The minimum Gasteiger partial charge on any atom is -0.478 e. The number of nitrogens with zero attached hydrogens (tertiary/aromatic N) is 3. The van der Waals surface area contributed by atoms with Crippen LogP contribution in [0.25, 0.3) is 0 Å². The molecule has 0 saturated carbocycles. The second-order valence-electron chi connectivity index (χ2n) is 4.96. The zero-order chi connectivity index (χ0) is 15.5. The van der Waals surface area contributed by atoms with E-state index in [1.807, 2.05) is 11.8 Å². The number of aromatic nitrogens is 2. The Balaban J connectivity index is 1.96. The molecule has 2 rings (SSSR count). The molecule has 5 nitrogen and oxygen atoms in total. The fraction of sp³-hybridized carbons (Fsp3) is 0.692. The summed E-state index contributed by atoms with van der Waals surface area (Å²) in [5.74, 6) is 0.322. The summed E-state index contributed by atoms with van der Waals surface area (Å²) in [4.78, 5) is 9.94. The molecule has 0 bridgehead atoms. The summed E-state index contributed by atoms with van der Waals surface area (Å²) in [6, 6.07) is 1.67. The highest BCUT2D eigenvalue weighted by Gasteiger charge is 2.44. The third-order valence-electron chi connectivity index (χ3n) is 3.57. The largest absolute Gasteiger partial charge is 0.478 e. The molecule has 0 spiro atoms. The van der Waals surface area contributed by atoms with E-state index in [0.717, 1.165) is 0 Å². The van der Waals surface area contributed by atoms with E-state index in [4.69, 9.17) is 4.74 Å². The summed E-state index contributed by atoms with van der Waals surface area (Å²) in [5, 5.41) is 9.29. The molecule has 0 aliphatic carbocycles. The number of rotatable bonds is 4. The highest BCUT2D eigenvalue weighted by atomic mass is 19.4. The van der Waals surface area contributed by atoms with Crippen molar-refractivity contribution in [2.24, 2.45) is 5.92 Å². The van der Waals surface area contributed by atoms with Crippen LogP contribution in [0.5, 0.6) is 5.88 Å². The number of hydrogen-bond acceptors (Lipinski definition) is 5. The normalized spacial score (nSPS) is 18.6. The molecule has 1 N–H and O–H groups in total. The van der Waals surface area contributed by atoms with Crippen LogP contribution in [0.4, 0.5) is 19.0 Å². The van der Waals surface area contributed by atoms with Crippen LogP contribution in [0, 0.1) is 5.92 Å². The molecule has 1 unspecified atom stereocenters. The Morgan fingerprint density at radius 1 is 1.38 bits per heavy atom. The lowest BCUT2D eigenvalue weighted by molar-refractivity contribution is -0.221. The number of anilines is 1. The molecule has 1 aromatic rings. The van der Waals surface area contributed by atoms with Crippen molar-refractivity contribution in [1.29, 1.82) is 0 Å². The fourth-order valence-corrected chi connectivity index (χ4v) is 2.44. The van der Waals surface area contributed by atoms with Gasteiger partial charge >= 0.3 is 6.18 Å². The summed E-state index contributed by atoms with van der Waals surface area (Å²) in [5.41, 5.74) is 0. The quantitative estimate of drug-likeness (QED) is 0.922. The maximum Gasteiger partial charge on any atom is 0.414 e. The first kappa shape index (κ1) is 15.8. The maximum atomic E-state index is 12.5. The van der Waals surface area contributed by atoms with Gasteiger partial charge in [0, 0.05) is 19.2 Å². The maximum absolute atomic E-state index is 12.5. The summed E-state index contributed by atoms with van der Waals surface area (Å²) in [7, 11) is 0. The molecule has 118 valence electrons. The Morgan fingerprint density at radius 3 is 2.62 bits per heavy atom. The van der Waals surface area contributed by atoms with Gasteiger partial charge in [-0.1, -0.05) is 0 Å². The molecular weight excluding hydrogens is 287 g/mol. The number of ether oxygens (including phenoxy) is 1. The SMILES string of the molecule is CCOc1cc(N2CCC(C(O)C(F)(F)F)CC2)ncn1. The van der Waals surface area contributed by atoms with Crippen LogP contribution in [0.15, 0.2) is 12.4 Å². The second-order valence-corrected chi connectivity index (χ2v) is 4.96. The Hall–Kier alpha value is -1.57. The monoisotopic (exact) mass is 305 g/mol.